The van der Waals surface area contributed by atoms with Crippen LogP contribution in [0, 0.1) is 19.8 Å². The molecular weight excluding hydrogens is 522 g/mol. The van der Waals surface area contributed by atoms with E-state index < -0.39 is 0 Å². The summed E-state index contributed by atoms with van der Waals surface area (Å²) >= 11 is 13.0. The van der Waals surface area contributed by atoms with E-state index in [2.05, 4.69) is 76.9 Å². The quantitative estimate of drug-likeness (QED) is 0.319. The van der Waals surface area contributed by atoms with Crippen molar-refractivity contribution in [2.75, 3.05) is 22.9 Å². The molecule has 0 bridgehead atoms. The van der Waals surface area contributed by atoms with Crippen molar-refractivity contribution in [3.05, 3.63) is 76.3 Å². The molecule has 2 aromatic heterocycles. The van der Waals surface area contributed by atoms with Gasteiger partial charge in [-0.05, 0) is 99.6 Å². The van der Waals surface area contributed by atoms with Gasteiger partial charge in [0.15, 0.2) is 5.11 Å². The molecule has 2 aliphatic heterocycles. The molecule has 1 aromatic carbocycles. The Morgan fingerprint density at radius 3 is 2.44 bits per heavy atom. The molecule has 7 heteroatoms. The van der Waals surface area contributed by atoms with Crippen LogP contribution in [0.1, 0.15) is 92.6 Å². The summed E-state index contributed by atoms with van der Waals surface area (Å²) in [5, 5.41) is 5.14. The van der Waals surface area contributed by atoms with Crippen LogP contribution in [0.2, 0.25) is 5.02 Å². The van der Waals surface area contributed by atoms with Gasteiger partial charge in [0.1, 0.15) is 0 Å². The lowest BCUT2D eigenvalue weighted by Crippen LogP contribution is -2.33. The van der Waals surface area contributed by atoms with E-state index in [9.17, 15) is 0 Å². The number of benzene rings is 1. The molecule has 3 fully saturated rings. The monoisotopic (exact) mass is 561 g/mol. The number of aryl methyl sites for hydroxylation is 1. The highest BCUT2D eigenvalue weighted by Crippen LogP contribution is 2.46. The first-order valence-electron chi connectivity index (χ1n) is 14.7. The lowest BCUT2D eigenvalue weighted by atomic mass is 9.94. The van der Waals surface area contributed by atoms with Crippen LogP contribution in [-0.2, 0) is 0 Å². The average molecular weight is 562 g/mol. The van der Waals surface area contributed by atoms with Crippen LogP contribution < -0.4 is 15.1 Å². The highest BCUT2D eigenvalue weighted by atomic mass is 35.5. The maximum Gasteiger partial charge on any atom is 0.174 e. The number of hydrogen-bond acceptors (Lipinski definition) is 3. The van der Waals surface area contributed by atoms with Gasteiger partial charge in [-0.3, -0.25) is 4.98 Å². The Bertz CT molecular complexity index is 1320. The van der Waals surface area contributed by atoms with E-state index in [1.54, 1.807) is 0 Å². The summed E-state index contributed by atoms with van der Waals surface area (Å²) in [4.78, 5) is 9.46. The van der Waals surface area contributed by atoms with Crippen molar-refractivity contribution in [2.24, 2.45) is 5.92 Å². The summed E-state index contributed by atoms with van der Waals surface area (Å²) in [6, 6.07) is 15.5. The predicted octanol–water partition coefficient (Wildman–Crippen LogP) is 8.07. The van der Waals surface area contributed by atoms with Crippen molar-refractivity contribution in [1.82, 2.24) is 14.9 Å². The summed E-state index contributed by atoms with van der Waals surface area (Å²) in [6.07, 6.45) is 10.8. The van der Waals surface area contributed by atoms with Gasteiger partial charge in [-0.1, -0.05) is 43.9 Å². The number of aromatic nitrogens is 2. The molecule has 1 N–H and O–H groups in total. The van der Waals surface area contributed by atoms with E-state index in [-0.39, 0.29) is 12.1 Å². The van der Waals surface area contributed by atoms with Crippen molar-refractivity contribution < 1.29 is 0 Å². The molecule has 1 saturated carbocycles. The third kappa shape index (κ3) is 5.06. The van der Waals surface area contributed by atoms with E-state index in [1.165, 1.54) is 61.9 Å². The normalized spacial score (nSPS) is 22.9. The molecule has 1 aliphatic carbocycles. The number of nitrogens with one attached hydrogen (secondary N) is 1. The summed E-state index contributed by atoms with van der Waals surface area (Å²) in [7, 11) is 0. The minimum atomic E-state index is -0.0546. The smallest absolute Gasteiger partial charge is 0.174 e. The number of halogens is 1. The summed E-state index contributed by atoms with van der Waals surface area (Å²) in [5.41, 5.74) is 7.13. The topological polar surface area (TPSA) is 36.3 Å². The predicted molar refractivity (Wildman–Crippen MR) is 166 cm³/mol. The zero-order valence-corrected chi connectivity index (χ0v) is 24.9. The van der Waals surface area contributed by atoms with Crippen LogP contribution >= 0.6 is 23.8 Å². The molecule has 4 heterocycles. The highest BCUT2D eigenvalue weighted by molar-refractivity contribution is 7.80. The Balaban J connectivity index is 1.40. The van der Waals surface area contributed by atoms with Crippen molar-refractivity contribution in [2.45, 2.75) is 83.8 Å². The van der Waals surface area contributed by atoms with Gasteiger partial charge >= 0.3 is 0 Å². The summed E-state index contributed by atoms with van der Waals surface area (Å²) in [5.74, 6) is 0.782. The van der Waals surface area contributed by atoms with Crippen LogP contribution in [0.4, 0.5) is 11.4 Å². The molecule has 6 rings (SSSR count). The number of piperidine rings is 1. The molecular formula is C32H40ClN5S. The second-order valence-electron chi connectivity index (χ2n) is 11.8. The summed E-state index contributed by atoms with van der Waals surface area (Å²) in [6.45, 7) is 9.01. The summed E-state index contributed by atoms with van der Waals surface area (Å²) < 4.78 is 2.59. The Kier molecular flexibility index (Phi) is 7.60. The standard InChI is InChI=1S/C32H40ClN5S/c1-21-14-17-36(18-15-21)29-13-12-25(20-27(29)33)38-31(30(35-32(38)39)28-11-7-8-16-34-28)26-19-22(2)37(23(26)3)24-9-5-4-6-10-24/h7-8,11-13,16,19-21,24,30-31H,4-6,9-10,14-15,17-18H2,1-3H3,(H,35,39)/t30-,31-/m1/s1. The van der Waals surface area contributed by atoms with E-state index >= 15 is 0 Å². The van der Waals surface area contributed by atoms with Crippen LogP contribution in [-0.4, -0.2) is 27.8 Å². The third-order valence-electron chi connectivity index (χ3n) is 9.21. The maximum absolute atomic E-state index is 6.99. The van der Waals surface area contributed by atoms with Crippen LogP contribution in [0.5, 0.6) is 0 Å². The largest absolute Gasteiger partial charge is 0.370 e. The average Bonchev–Trinajstić information content (AvgIpc) is 3.45. The lowest BCUT2D eigenvalue weighted by Gasteiger charge is -2.33. The van der Waals surface area contributed by atoms with Crippen molar-refractivity contribution in [3.63, 3.8) is 0 Å². The molecule has 206 valence electrons. The number of thiocarbonyl (C=S) groups is 1. The van der Waals surface area contributed by atoms with E-state index in [0.29, 0.717) is 11.2 Å². The van der Waals surface area contributed by atoms with Gasteiger partial charge in [-0.15, -0.1) is 0 Å². The molecule has 39 heavy (non-hydrogen) atoms. The number of pyridine rings is 1. The van der Waals surface area contributed by atoms with E-state index in [1.807, 2.05) is 12.3 Å². The Morgan fingerprint density at radius 1 is 0.974 bits per heavy atom. The van der Waals surface area contributed by atoms with Gasteiger partial charge < -0.3 is 19.7 Å². The molecule has 3 aliphatic rings. The molecule has 0 spiro atoms. The number of anilines is 2. The first kappa shape index (κ1) is 26.6. The zero-order chi connectivity index (χ0) is 27.1. The van der Waals surface area contributed by atoms with Crippen molar-refractivity contribution in [1.29, 1.82) is 0 Å². The van der Waals surface area contributed by atoms with Crippen LogP contribution in [0.3, 0.4) is 0 Å². The molecule has 0 unspecified atom stereocenters. The maximum atomic E-state index is 6.99. The molecule has 2 saturated heterocycles. The SMILES string of the molecule is Cc1cc([C@@H]2[C@@H](c3ccccn3)NC(=S)N2c2ccc(N3CCC(C)CC3)c(Cl)c2)c(C)n1C1CCCCC1. The van der Waals surface area contributed by atoms with Gasteiger partial charge in [-0.25, -0.2) is 0 Å². The number of nitrogens with zero attached hydrogens (tertiary/aromatic N) is 4. The van der Waals surface area contributed by atoms with Crippen LogP contribution in [0.15, 0.2) is 48.7 Å². The molecule has 5 nitrogen and oxygen atoms in total. The third-order valence-corrected chi connectivity index (χ3v) is 9.83. The van der Waals surface area contributed by atoms with Gasteiger partial charge in [0.25, 0.3) is 0 Å². The van der Waals surface area contributed by atoms with Crippen molar-refractivity contribution in [3.8, 4) is 0 Å². The van der Waals surface area contributed by atoms with Gasteiger partial charge in [0, 0.05) is 42.4 Å². The Morgan fingerprint density at radius 2 is 1.74 bits per heavy atom. The van der Waals surface area contributed by atoms with Gasteiger partial charge in [0.05, 0.1) is 28.5 Å². The number of rotatable bonds is 5. The zero-order valence-electron chi connectivity index (χ0n) is 23.4. The minimum absolute atomic E-state index is 0.0197. The van der Waals surface area contributed by atoms with Crippen molar-refractivity contribution >= 4 is 40.3 Å². The van der Waals surface area contributed by atoms with Gasteiger partial charge in [-0.2, -0.15) is 0 Å². The first-order chi connectivity index (χ1) is 18.9. The Labute approximate surface area is 243 Å². The Hall–Kier alpha value is -2.57. The molecule has 2 atom stereocenters. The lowest BCUT2D eigenvalue weighted by molar-refractivity contribution is 0.345. The van der Waals surface area contributed by atoms with Gasteiger partial charge in [0.2, 0.25) is 0 Å². The molecule has 0 radical (unpaired) electrons. The minimum Gasteiger partial charge on any atom is -0.370 e. The highest BCUT2D eigenvalue weighted by Gasteiger charge is 2.42. The van der Waals surface area contributed by atoms with E-state index in [0.717, 1.165) is 41.1 Å². The second kappa shape index (κ2) is 11.1. The molecule has 3 aromatic rings. The second-order valence-corrected chi connectivity index (χ2v) is 12.6. The first-order valence-corrected chi connectivity index (χ1v) is 15.4. The fraction of sp³-hybridized carbons (Fsp3) is 0.500. The van der Waals surface area contributed by atoms with E-state index in [4.69, 9.17) is 28.8 Å². The fourth-order valence-corrected chi connectivity index (χ4v) is 7.74. The van der Waals surface area contributed by atoms with Crippen LogP contribution in [0.25, 0.3) is 0 Å². The number of hydrogen-bond donors (Lipinski definition) is 1. The molecule has 0 amide bonds. The fourth-order valence-electron chi connectivity index (χ4n) is 7.10.